The molecule has 1 saturated carbocycles. The lowest BCUT2D eigenvalue weighted by molar-refractivity contribution is -0.138. The van der Waals surface area contributed by atoms with Crippen molar-refractivity contribution in [3.8, 4) is 16.2 Å². The molecule has 0 spiro atoms. The Kier molecular flexibility index (Phi) is 12.2. The predicted molar refractivity (Wildman–Crippen MR) is 190 cm³/mol. The van der Waals surface area contributed by atoms with Gasteiger partial charge in [-0.2, -0.15) is 0 Å². The number of rotatable bonds is 13. The van der Waals surface area contributed by atoms with E-state index >= 15 is 0 Å². The topological polar surface area (TPSA) is 77.5 Å². The molecular formula is C40H44N2O4S. The summed E-state index contributed by atoms with van der Waals surface area (Å²) < 4.78 is 11.2. The van der Waals surface area contributed by atoms with E-state index in [0.717, 1.165) is 69.3 Å². The third-order valence-electron chi connectivity index (χ3n) is 8.31. The van der Waals surface area contributed by atoms with Crippen LogP contribution in [0.25, 0.3) is 16.5 Å². The first-order valence-corrected chi connectivity index (χ1v) is 17.4. The summed E-state index contributed by atoms with van der Waals surface area (Å²) in [6.45, 7) is 6.35. The Labute approximate surface area is 282 Å². The zero-order valence-corrected chi connectivity index (χ0v) is 28.4. The Morgan fingerprint density at radius 3 is 2.28 bits per heavy atom. The Hall–Kier alpha value is -4.49. The van der Waals surface area contributed by atoms with Gasteiger partial charge in [0.2, 0.25) is 5.91 Å². The molecule has 7 heteroatoms. The molecule has 1 aromatic heterocycles. The smallest absolute Gasteiger partial charge is 0.333 e. The minimum absolute atomic E-state index is 0.0335. The molecule has 4 aromatic rings. The average Bonchev–Trinajstić information content (AvgIpc) is 3.52. The Bertz CT molecular complexity index is 1670. The van der Waals surface area contributed by atoms with Gasteiger partial charge in [-0.15, -0.1) is 11.3 Å². The average molecular weight is 649 g/mol. The minimum Gasteiger partial charge on any atom is -0.489 e. The maximum absolute atomic E-state index is 13.6. The van der Waals surface area contributed by atoms with Gasteiger partial charge in [-0.05, 0) is 86.6 Å². The maximum atomic E-state index is 13.6. The second kappa shape index (κ2) is 16.9. The number of esters is 1. The number of carbonyl (C=O) groups is 2. The minimum atomic E-state index is -0.329. The molecule has 0 saturated heterocycles. The lowest BCUT2D eigenvalue weighted by atomic mass is 9.88. The van der Waals surface area contributed by atoms with E-state index in [1.165, 1.54) is 6.42 Å². The summed E-state index contributed by atoms with van der Waals surface area (Å²) in [5.41, 5.74) is 5.49. The number of ether oxygens (including phenoxy) is 2. The van der Waals surface area contributed by atoms with Gasteiger partial charge in [-0.3, -0.25) is 4.79 Å². The first kappa shape index (κ1) is 33.9. The summed E-state index contributed by atoms with van der Waals surface area (Å²) in [6.07, 6.45) is 9.67. The molecule has 0 radical (unpaired) electrons. The number of allylic oxidation sites excluding steroid dienone is 2. The molecule has 1 atom stereocenters. The van der Waals surface area contributed by atoms with Crippen molar-refractivity contribution in [1.82, 2.24) is 10.3 Å². The van der Waals surface area contributed by atoms with E-state index in [1.807, 2.05) is 67.6 Å². The van der Waals surface area contributed by atoms with E-state index in [-0.39, 0.29) is 23.8 Å². The van der Waals surface area contributed by atoms with Gasteiger partial charge in [0.25, 0.3) is 0 Å². The van der Waals surface area contributed by atoms with Crippen molar-refractivity contribution in [3.05, 3.63) is 124 Å². The van der Waals surface area contributed by atoms with Gasteiger partial charge < -0.3 is 14.8 Å². The van der Waals surface area contributed by atoms with Crippen LogP contribution in [0.3, 0.4) is 0 Å². The molecule has 1 aliphatic carbocycles. The molecule has 1 heterocycles. The van der Waals surface area contributed by atoms with Crippen molar-refractivity contribution in [2.24, 2.45) is 5.92 Å². The zero-order chi connectivity index (χ0) is 33.0. The number of nitrogens with one attached hydrogen (secondary N) is 1. The van der Waals surface area contributed by atoms with Gasteiger partial charge in [0.05, 0.1) is 23.2 Å². The Morgan fingerprint density at radius 2 is 1.60 bits per heavy atom. The van der Waals surface area contributed by atoms with Crippen molar-refractivity contribution in [2.45, 2.75) is 71.9 Å². The molecule has 0 unspecified atom stereocenters. The molecule has 0 aliphatic heterocycles. The second-order valence-corrected chi connectivity index (χ2v) is 13.1. The zero-order valence-electron chi connectivity index (χ0n) is 27.5. The van der Waals surface area contributed by atoms with Crippen LogP contribution in [0.1, 0.15) is 80.7 Å². The molecule has 1 fully saturated rings. The van der Waals surface area contributed by atoms with Crippen LogP contribution in [0.2, 0.25) is 0 Å². The largest absolute Gasteiger partial charge is 0.489 e. The van der Waals surface area contributed by atoms with Crippen molar-refractivity contribution in [1.29, 1.82) is 0 Å². The number of hydrogen-bond acceptors (Lipinski definition) is 6. The first-order chi connectivity index (χ1) is 22.9. The molecule has 1 N–H and O–H groups in total. The molecule has 6 nitrogen and oxygen atoms in total. The predicted octanol–water partition coefficient (Wildman–Crippen LogP) is 9.28. The SMILES string of the molecule is CCOC(=O)C(C)=CC(C)=Cc1nc([C@H](Cc2ccc(OCc3ccccc3)cc2)NC(=O)C2CCCCC2)sc1-c1ccccc1. The van der Waals surface area contributed by atoms with Crippen molar-refractivity contribution in [3.63, 3.8) is 0 Å². The summed E-state index contributed by atoms with van der Waals surface area (Å²) in [7, 11) is 0. The van der Waals surface area contributed by atoms with Crippen LogP contribution in [0.4, 0.5) is 0 Å². The summed E-state index contributed by atoms with van der Waals surface area (Å²) in [4.78, 5) is 32.0. The third kappa shape index (κ3) is 9.75. The number of carbonyl (C=O) groups excluding carboxylic acids is 2. The van der Waals surface area contributed by atoms with Gasteiger partial charge in [0, 0.05) is 11.5 Å². The number of thiazole rings is 1. The van der Waals surface area contributed by atoms with Crippen LogP contribution >= 0.6 is 11.3 Å². The highest BCUT2D eigenvalue weighted by molar-refractivity contribution is 7.15. The number of nitrogens with zero attached hydrogens (tertiary/aromatic N) is 1. The van der Waals surface area contributed by atoms with Crippen LogP contribution in [0, 0.1) is 5.92 Å². The normalized spacial score (nSPS) is 14.8. The summed E-state index contributed by atoms with van der Waals surface area (Å²) in [6, 6.07) is 28.1. The Morgan fingerprint density at radius 1 is 0.915 bits per heavy atom. The van der Waals surface area contributed by atoms with Crippen molar-refractivity contribution < 1.29 is 19.1 Å². The number of amides is 1. The molecule has 3 aromatic carbocycles. The van der Waals surface area contributed by atoms with Gasteiger partial charge in [-0.1, -0.05) is 92.1 Å². The fraction of sp³-hybridized carbons (Fsp3) is 0.325. The van der Waals surface area contributed by atoms with Crippen molar-refractivity contribution in [2.75, 3.05) is 6.61 Å². The number of benzene rings is 3. The molecular weight excluding hydrogens is 605 g/mol. The summed E-state index contributed by atoms with van der Waals surface area (Å²) in [5, 5.41) is 4.25. The fourth-order valence-electron chi connectivity index (χ4n) is 5.85. The maximum Gasteiger partial charge on any atom is 0.333 e. The molecule has 1 aliphatic rings. The first-order valence-electron chi connectivity index (χ1n) is 16.6. The van der Waals surface area contributed by atoms with Crippen LogP contribution in [0.5, 0.6) is 5.75 Å². The number of aromatic nitrogens is 1. The fourth-order valence-corrected chi connectivity index (χ4v) is 6.95. The highest BCUT2D eigenvalue weighted by atomic mass is 32.1. The molecule has 244 valence electrons. The van der Waals surface area contributed by atoms with Gasteiger partial charge in [0.1, 0.15) is 17.4 Å². The highest BCUT2D eigenvalue weighted by Crippen LogP contribution is 2.36. The van der Waals surface area contributed by atoms with E-state index < -0.39 is 0 Å². The van der Waals surface area contributed by atoms with E-state index in [9.17, 15) is 9.59 Å². The van der Waals surface area contributed by atoms with Gasteiger partial charge in [-0.25, -0.2) is 9.78 Å². The standard InChI is InChI=1S/C40H44N2O4S/c1-4-45-40(44)29(3)24-28(2)25-35-37(32-16-10-6-11-17-32)47-39(42-35)36(41-38(43)33-18-12-7-13-19-33)26-30-20-22-34(23-21-30)46-27-31-14-8-5-9-15-31/h5-6,8-11,14-17,20-25,33,36H,4,7,12-13,18-19,26-27H2,1-3H3,(H,41,43)/t36-/m0/s1. The molecule has 47 heavy (non-hydrogen) atoms. The number of hydrogen-bond donors (Lipinski definition) is 1. The lowest BCUT2D eigenvalue weighted by Gasteiger charge is -2.24. The van der Waals surface area contributed by atoms with Gasteiger partial charge in [0.15, 0.2) is 0 Å². The van der Waals surface area contributed by atoms with E-state index in [4.69, 9.17) is 14.5 Å². The molecule has 1 amide bonds. The lowest BCUT2D eigenvalue weighted by Crippen LogP contribution is -2.35. The Balaban J connectivity index is 1.44. The summed E-state index contributed by atoms with van der Waals surface area (Å²) >= 11 is 1.61. The van der Waals surface area contributed by atoms with Crippen molar-refractivity contribution >= 4 is 29.3 Å². The van der Waals surface area contributed by atoms with E-state index in [2.05, 4.69) is 41.7 Å². The van der Waals surface area contributed by atoms with Crippen LogP contribution in [0.15, 0.2) is 102 Å². The van der Waals surface area contributed by atoms with Gasteiger partial charge >= 0.3 is 5.97 Å². The van der Waals surface area contributed by atoms with E-state index in [1.54, 1.807) is 25.2 Å². The monoisotopic (exact) mass is 648 g/mol. The molecule has 0 bridgehead atoms. The van der Waals surface area contributed by atoms with E-state index in [0.29, 0.717) is 25.2 Å². The summed E-state index contributed by atoms with van der Waals surface area (Å²) in [5.74, 6) is 0.612. The molecule has 5 rings (SSSR count). The quantitative estimate of drug-likeness (QED) is 0.0888. The highest BCUT2D eigenvalue weighted by Gasteiger charge is 2.27. The third-order valence-corrected chi connectivity index (χ3v) is 9.55. The van der Waals surface area contributed by atoms with Crippen LogP contribution in [-0.4, -0.2) is 23.5 Å². The second-order valence-electron chi connectivity index (χ2n) is 12.1. The van der Waals surface area contributed by atoms with Crippen LogP contribution in [-0.2, 0) is 27.4 Å². The van der Waals surface area contributed by atoms with Crippen LogP contribution < -0.4 is 10.1 Å².